The minimum atomic E-state index is -4.43. The molecule has 0 saturated carbocycles. The number of alkyl halides is 3. The Morgan fingerprint density at radius 1 is 1.30 bits per heavy atom. The molecule has 2 rings (SSSR count). The van der Waals surface area contributed by atoms with Crippen LogP contribution in [0.25, 0.3) is 11.4 Å². The first-order valence-electron chi connectivity index (χ1n) is 6.74. The summed E-state index contributed by atoms with van der Waals surface area (Å²) < 4.78 is 38.0. The van der Waals surface area contributed by atoms with Gasteiger partial charge in [0.2, 0.25) is 5.91 Å². The molecule has 1 atom stereocenters. The van der Waals surface area contributed by atoms with Gasteiger partial charge in [-0.05, 0) is 6.92 Å². The second-order valence-corrected chi connectivity index (χ2v) is 6.13. The molecule has 23 heavy (non-hydrogen) atoms. The smallest absolute Gasteiger partial charge is 0.346 e. The summed E-state index contributed by atoms with van der Waals surface area (Å²) in [7, 11) is 1.74. The number of aromatic nitrogens is 3. The first-order valence-corrected chi connectivity index (χ1v) is 7.62. The van der Waals surface area contributed by atoms with E-state index in [0.717, 1.165) is 17.3 Å². The van der Waals surface area contributed by atoms with Gasteiger partial charge in [-0.1, -0.05) is 42.1 Å². The van der Waals surface area contributed by atoms with E-state index in [1.807, 2.05) is 35.6 Å². The number of amides is 1. The van der Waals surface area contributed by atoms with E-state index in [0.29, 0.717) is 11.0 Å². The minimum Gasteiger partial charge on any atom is -0.346 e. The van der Waals surface area contributed by atoms with Gasteiger partial charge in [0.15, 0.2) is 11.0 Å². The molecule has 124 valence electrons. The zero-order chi connectivity index (χ0) is 17.0. The first-order chi connectivity index (χ1) is 10.8. The lowest BCUT2D eigenvalue weighted by Gasteiger charge is -2.13. The predicted molar refractivity (Wildman–Crippen MR) is 80.8 cm³/mol. The van der Waals surface area contributed by atoms with Crippen LogP contribution in [-0.4, -0.2) is 38.6 Å². The van der Waals surface area contributed by atoms with Gasteiger partial charge in [0, 0.05) is 12.6 Å². The topological polar surface area (TPSA) is 59.8 Å². The number of carbonyl (C=O) groups is 1. The molecule has 0 aliphatic carbocycles. The van der Waals surface area contributed by atoms with Crippen molar-refractivity contribution >= 4 is 17.7 Å². The third-order valence-corrected chi connectivity index (χ3v) is 4.12. The van der Waals surface area contributed by atoms with Crippen molar-refractivity contribution in [2.75, 3.05) is 6.54 Å². The number of halogens is 3. The number of benzene rings is 1. The number of carbonyl (C=O) groups excluding carboxylic acids is 1. The maximum absolute atomic E-state index is 12.1. The number of thioether (sulfide) groups is 1. The fourth-order valence-electron chi connectivity index (χ4n) is 1.80. The highest BCUT2D eigenvalue weighted by atomic mass is 32.2. The van der Waals surface area contributed by atoms with E-state index in [1.54, 1.807) is 11.6 Å². The van der Waals surface area contributed by atoms with Gasteiger partial charge in [-0.15, -0.1) is 10.2 Å². The summed E-state index contributed by atoms with van der Waals surface area (Å²) in [4.78, 5) is 11.7. The van der Waals surface area contributed by atoms with E-state index in [9.17, 15) is 18.0 Å². The van der Waals surface area contributed by atoms with E-state index < -0.39 is 23.9 Å². The van der Waals surface area contributed by atoms with Gasteiger partial charge >= 0.3 is 6.18 Å². The van der Waals surface area contributed by atoms with Crippen molar-refractivity contribution in [1.29, 1.82) is 0 Å². The fourth-order valence-corrected chi connectivity index (χ4v) is 2.64. The quantitative estimate of drug-likeness (QED) is 0.847. The highest BCUT2D eigenvalue weighted by molar-refractivity contribution is 8.00. The molecule has 2 aromatic rings. The summed E-state index contributed by atoms with van der Waals surface area (Å²) in [6, 6.07) is 9.35. The van der Waals surface area contributed by atoms with Crippen molar-refractivity contribution < 1.29 is 18.0 Å². The number of hydrogen-bond acceptors (Lipinski definition) is 4. The average molecular weight is 344 g/mol. The zero-order valence-corrected chi connectivity index (χ0v) is 13.3. The van der Waals surface area contributed by atoms with Crippen LogP contribution in [-0.2, 0) is 11.8 Å². The van der Waals surface area contributed by atoms with Gasteiger partial charge in [0.05, 0.1) is 5.25 Å². The largest absolute Gasteiger partial charge is 0.405 e. The summed E-state index contributed by atoms with van der Waals surface area (Å²) in [5.41, 5.74) is 0.864. The van der Waals surface area contributed by atoms with Crippen LogP contribution in [0.1, 0.15) is 6.92 Å². The Kier molecular flexibility index (Phi) is 5.30. The lowest BCUT2D eigenvalue weighted by Crippen LogP contribution is -2.38. The van der Waals surface area contributed by atoms with Gasteiger partial charge in [-0.25, -0.2) is 0 Å². The Hall–Kier alpha value is -2.03. The fraction of sp³-hybridized carbons (Fsp3) is 0.357. The van der Waals surface area contributed by atoms with Crippen LogP contribution in [0.5, 0.6) is 0 Å². The van der Waals surface area contributed by atoms with Crippen LogP contribution < -0.4 is 5.32 Å². The van der Waals surface area contributed by atoms with E-state index in [2.05, 4.69) is 10.2 Å². The third kappa shape index (κ3) is 4.72. The van der Waals surface area contributed by atoms with Crippen molar-refractivity contribution in [3.63, 3.8) is 0 Å². The number of nitrogens with one attached hydrogen (secondary N) is 1. The van der Waals surface area contributed by atoms with E-state index in [4.69, 9.17) is 0 Å². The second kappa shape index (κ2) is 7.03. The van der Waals surface area contributed by atoms with E-state index in [-0.39, 0.29) is 0 Å². The highest BCUT2D eigenvalue weighted by Gasteiger charge is 2.29. The standard InChI is InChI=1S/C14H15F3N4OS/c1-9(12(22)18-8-14(15,16)17)23-13-20-19-11(21(13)2)10-6-4-3-5-7-10/h3-7,9H,8H2,1-2H3,(H,18,22). The molecule has 1 heterocycles. The maximum Gasteiger partial charge on any atom is 0.405 e. The zero-order valence-electron chi connectivity index (χ0n) is 12.5. The molecule has 1 unspecified atom stereocenters. The average Bonchev–Trinajstić information content (AvgIpc) is 2.86. The Balaban J connectivity index is 2.03. The monoisotopic (exact) mass is 344 g/mol. The molecule has 0 fully saturated rings. The number of nitrogens with zero attached hydrogens (tertiary/aromatic N) is 3. The van der Waals surface area contributed by atoms with Crippen LogP contribution in [0.3, 0.4) is 0 Å². The number of hydrogen-bond donors (Lipinski definition) is 1. The van der Waals surface area contributed by atoms with Crippen molar-refractivity contribution in [3.05, 3.63) is 30.3 Å². The summed E-state index contributed by atoms with van der Waals surface area (Å²) in [6.07, 6.45) is -4.43. The SMILES string of the molecule is CC(Sc1nnc(-c2ccccc2)n1C)C(=O)NCC(F)(F)F. The molecular formula is C14H15F3N4OS. The summed E-state index contributed by atoms with van der Waals surface area (Å²) in [5.74, 6) is -0.0763. The molecular weight excluding hydrogens is 329 g/mol. The van der Waals surface area contributed by atoms with Crippen LogP contribution in [0.15, 0.2) is 35.5 Å². The van der Waals surface area contributed by atoms with Crippen molar-refractivity contribution in [2.45, 2.75) is 23.5 Å². The highest BCUT2D eigenvalue weighted by Crippen LogP contribution is 2.25. The molecule has 0 aliphatic heterocycles. The molecule has 0 spiro atoms. The summed E-state index contributed by atoms with van der Waals surface area (Å²) >= 11 is 1.05. The lowest BCUT2D eigenvalue weighted by molar-refractivity contribution is -0.137. The lowest BCUT2D eigenvalue weighted by atomic mass is 10.2. The molecule has 1 aromatic carbocycles. The Labute approximate surface area is 135 Å². The van der Waals surface area contributed by atoms with Crippen molar-refractivity contribution in [1.82, 2.24) is 20.1 Å². The Morgan fingerprint density at radius 2 is 1.96 bits per heavy atom. The predicted octanol–water partition coefficient (Wildman–Crippen LogP) is 2.64. The molecule has 0 radical (unpaired) electrons. The number of rotatable bonds is 5. The maximum atomic E-state index is 12.1. The second-order valence-electron chi connectivity index (χ2n) is 4.82. The van der Waals surface area contributed by atoms with Crippen LogP contribution >= 0.6 is 11.8 Å². The molecule has 5 nitrogen and oxygen atoms in total. The normalized spacial score (nSPS) is 12.9. The van der Waals surface area contributed by atoms with Crippen molar-refractivity contribution in [2.24, 2.45) is 7.05 Å². The Bertz CT molecular complexity index is 672. The minimum absolute atomic E-state index is 0.457. The van der Waals surface area contributed by atoms with Crippen LogP contribution in [0, 0.1) is 0 Å². The van der Waals surface area contributed by atoms with E-state index in [1.165, 1.54) is 6.92 Å². The molecule has 0 bridgehead atoms. The molecule has 1 N–H and O–H groups in total. The van der Waals surface area contributed by atoms with Gasteiger partial charge in [0.25, 0.3) is 0 Å². The molecule has 1 amide bonds. The van der Waals surface area contributed by atoms with Crippen LogP contribution in [0.2, 0.25) is 0 Å². The summed E-state index contributed by atoms with van der Waals surface area (Å²) in [5, 5.41) is 9.66. The van der Waals surface area contributed by atoms with Gasteiger partial charge in [-0.3, -0.25) is 4.79 Å². The first kappa shape index (κ1) is 17.3. The summed E-state index contributed by atoms with van der Waals surface area (Å²) in [6.45, 7) is 0.179. The molecule has 1 aromatic heterocycles. The van der Waals surface area contributed by atoms with Gasteiger partial charge in [0.1, 0.15) is 6.54 Å². The van der Waals surface area contributed by atoms with Gasteiger partial charge < -0.3 is 9.88 Å². The third-order valence-electron chi connectivity index (χ3n) is 2.98. The van der Waals surface area contributed by atoms with Gasteiger partial charge in [-0.2, -0.15) is 13.2 Å². The molecule has 0 saturated heterocycles. The Morgan fingerprint density at radius 3 is 2.57 bits per heavy atom. The van der Waals surface area contributed by atoms with Crippen molar-refractivity contribution in [3.8, 4) is 11.4 Å². The van der Waals surface area contributed by atoms with Crippen LogP contribution in [0.4, 0.5) is 13.2 Å². The molecule has 9 heteroatoms. The molecule has 0 aliphatic rings. The van der Waals surface area contributed by atoms with E-state index >= 15 is 0 Å².